The summed E-state index contributed by atoms with van der Waals surface area (Å²) in [5, 5.41) is 0. The summed E-state index contributed by atoms with van der Waals surface area (Å²) >= 11 is 3.50. The van der Waals surface area contributed by atoms with Crippen LogP contribution in [0.25, 0.3) is 6.08 Å². The van der Waals surface area contributed by atoms with Gasteiger partial charge in [-0.2, -0.15) is 0 Å². The second-order valence-electron chi connectivity index (χ2n) is 7.39. The van der Waals surface area contributed by atoms with Gasteiger partial charge in [-0.25, -0.2) is 9.79 Å². The first-order valence-corrected chi connectivity index (χ1v) is 10.4. The maximum atomic E-state index is 12.3. The molecule has 3 rings (SSSR count). The lowest BCUT2D eigenvalue weighted by Crippen LogP contribution is -2.05. The Hall–Kier alpha value is -2.86. The van der Waals surface area contributed by atoms with Gasteiger partial charge in [0.2, 0.25) is 5.90 Å². The normalized spacial score (nSPS) is 14.7. The summed E-state index contributed by atoms with van der Waals surface area (Å²) in [7, 11) is 1.56. The molecule has 2 aromatic carbocycles. The first kappa shape index (κ1) is 21.8. The summed E-state index contributed by atoms with van der Waals surface area (Å²) in [4.78, 5) is 16.7. The largest absolute Gasteiger partial charge is 0.493 e. The number of carbonyl (C=O) groups is 1. The molecule has 0 N–H and O–H groups in total. The summed E-state index contributed by atoms with van der Waals surface area (Å²) in [6.07, 6.45) is 1.66. The Morgan fingerprint density at radius 3 is 2.57 bits per heavy atom. The molecule has 0 spiro atoms. The van der Waals surface area contributed by atoms with E-state index in [1.54, 1.807) is 19.3 Å². The monoisotopic (exact) mass is 469 g/mol. The van der Waals surface area contributed by atoms with Gasteiger partial charge in [0.25, 0.3) is 0 Å². The smallest absolute Gasteiger partial charge is 0.363 e. The molecule has 5 nitrogen and oxygen atoms in total. The van der Waals surface area contributed by atoms with Gasteiger partial charge in [-0.1, -0.05) is 32.6 Å². The van der Waals surface area contributed by atoms with E-state index in [4.69, 9.17) is 14.2 Å². The highest BCUT2D eigenvalue weighted by molar-refractivity contribution is 9.10. The standard InChI is InChI=1S/C24H24BrNO4/c1-14(2)13-29-22-19(25)10-16(12-21(22)28-5)11-20-24(27)30-23(26-20)18-8-6-17(7-9-18)15(3)4/h6-12,15H,1,13H2,2-5H3/b20-11-. The summed E-state index contributed by atoms with van der Waals surface area (Å²) in [6.45, 7) is 10.4. The quantitative estimate of drug-likeness (QED) is 0.288. The van der Waals surface area contributed by atoms with Gasteiger partial charge < -0.3 is 14.2 Å². The molecule has 0 radical (unpaired) electrons. The van der Waals surface area contributed by atoms with Gasteiger partial charge in [0, 0.05) is 5.56 Å². The summed E-state index contributed by atoms with van der Waals surface area (Å²) in [5.74, 6) is 1.35. The molecular formula is C24H24BrNO4. The summed E-state index contributed by atoms with van der Waals surface area (Å²) in [6, 6.07) is 11.5. The highest BCUT2D eigenvalue weighted by atomic mass is 79.9. The van der Waals surface area contributed by atoms with Crippen LogP contribution in [0.15, 0.2) is 63.7 Å². The molecule has 30 heavy (non-hydrogen) atoms. The average Bonchev–Trinajstić information content (AvgIpc) is 3.07. The molecule has 0 saturated heterocycles. The van der Waals surface area contributed by atoms with E-state index in [-0.39, 0.29) is 5.70 Å². The molecule has 6 heteroatoms. The second kappa shape index (κ2) is 9.30. The van der Waals surface area contributed by atoms with Crippen LogP contribution in [0.4, 0.5) is 0 Å². The molecule has 1 heterocycles. The molecule has 0 fully saturated rings. The topological polar surface area (TPSA) is 57.1 Å². The third kappa shape index (κ3) is 5.00. The zero-order valence-electron chi connectivity index (χ0n) is 17.5. The zero-order chi connectivity index (χ0) is 21.8. The van der Waals surface area contributed by atoms with E-state index in [2.05, 4.69) is 41.3 Å². The lowest BCUT2D eigenvalue weighted by atomic mass is 10.0. The second-order valence-corrected chi connectivity index (χ2v) is 8.25. The Kier molecular flexibility index (Phi) is 6.77. The Labute approximate surface area is 185 Å². The molecule has 156 valence electrons. The van der Waals surface area contributed by atoms with Crippen molar-refractivity contribution >= 4 is 33.9 Å². The summed E-state index contributed by atoms with van der Waals surface area (Å²) < 4.78 is 17.3. The Morgan fingerprint density at radius 2 is 1.97 bits per heavy atom. The Balaban J connectivity index is 1.89. The van der Waals surface area contributed by atoms with Crippen molar-refractivity contribution in [2.45, 2.75) is 26.7 Å². The molecule has 1 aliphatic rings. The highest BCUT2D eigenvalue weighted by Crippen LogP contribution is 2.37. The van der Waals surface area contributed by atoms with E-state index in [1.165, 1.54) is 5.56 Å². The van der Waals surface area contributed by atoms with E-state index < -0.39 is 5.97 Å². The third-order valence-electron chi connectivity index (χ3n) is 4.46. The number of rotatable bonds is 7. The highest BCUT2D eigenvalue weighted by Gasteiger charge is 2.24. The van der Waals surface area contributed by atoms with Gasteiger partial charge in [0.15, 0.2) is 17.2 Å². The number of aliphatic imine (C=N–C) groups is 1. The van der Waals surface area contributed by atoms with E-state index in [0.29, 0.717) is 34.4 Å². The number of ether oxygens (including phenoxy) is 3. The number of cyclic esters (lactones) is 1. The Bertz CT molecular complexity index is 1040. The van der Waals surface area contributed by atoms with Crippen LogP contribution < -0.4 is 9.47 Å². The molecule has 0 aliphatic carbocycles. The molecular weight excluding hydrogens is 446 g/mol. The van der Waals surface area contributed by atoms with Crippen molar-refractivity contribution in [2.24, 2.45) is 4.99 Å². The van der Waals surface area contributed by atoms with Crippen molar-refractivity contribution in [1.82, 2.24) is 0 Å². The predicted octanol–water partition coefficient (Wildman–Crippen LogP) is 5.88. The van der Waals surface area contributed by atoms with Crippen molar-refractivity contribution < 1.29 is 19.0 Å². The fourth-order valence-corrected chi connectivity index (χ4v) is 3.43. The van der Waals surface area contributed by atoms with E-state index >= 15 is 0 Å². The van der Waals surface area contributed by atoms with Crippen molar-refractivity contribution in [3.05, 3.63) is 75.4 Å². The maximum absolute atomic E-state index is 12.3. The number of halogens is 1. The number of benzene rings is 2. The van der Waals surface area contributed by atoms with Gasteiger partial charge in [0.1, 0.15) is 6.61 Å². The number of methoxy groups -OCH3 is 1. The van der Waals surface area contributed by atoms with Gasteiger partial charge in [-0.15, -0.1) is 0 Å². The fourth-order valence-electron chi connectivity index (χ4n) is 2.86. The first-order chi connectivity index (χ1) is 14.3. The minimum absolute atomic E-state index is 0.225. The molecule has 0 bridgehead atoms. The van der Waals surface area contributed by atoms with Crippen molar-refractivity contribution in [1.29, 1.82) is 0 Å². The Morgan fingerprint density at radius 1 is 1.27 bits per heavy atom. The van der Waals surface area contributed by atoms with Gasteiger partial charge in [-0.05, 0) is 75.8 Å². The van der Waals surface area contributed by atoms with Gasteiger partial charge in [-0.3, -0.25) is 0 Å². The van der Waals surface area contributed by atoms with E-state index in [0.717, 1.165) is 16.7 Å². The minimum Gasteiger partial charge on any atom is -0.493 e. The van der Waals surface area contributed by atoms with E-state index in [1.807, 2.05) is 37.3 Å². The maximum Gasteiger partial charge on any atom is 0.363 e. The molecule has 0 atom stereocenters. The number of nitrogens with zero attached hydrogens (tertiary/aromatic N) is 1. The SMILES string of the molecule is C=C(C)COc1c(Br)cc(/C=C2\N=C(c3ccc(C(C)C)cc3)OC2=O)cc1OC. The molecule has 0 aromatic heterocycles. The van der Waals surface area contributed by atoms with Gasteiger partial charge in [0.05, 0.1) is 11.6 Å². The summed E-state index contributed by atoms with van der Waals surface area (Å²) in [5.41, 5.74) is 3.83. The molecule has 0 saturated carbocycles. The lowest BCUT2D eigenvalue weighted by Gasteiger charge is -2.13. The van der Waals surface area contributed by atoms with E-state index in [9.17, 15) is 4.79 Å². The van der Waals surface area contributed by atoms with Crippen molar-refractivity contribution in [3.63, 3.8) is 0 Å². The zero-order valence-corrected chi connectivity index (χ0v) is 19.1. The minimum atomic E-state index is -0.490. The van der Waals surface area contributed by atoms with Gasteiger partial charge >= 0.3 is 5.97 Å². The molecule has 0 unspecified atom stereocenters. The van der Waals surface area contributed by atoms with Crippen LogP contribution in [0.3, 0.4) is 0 Å². The van der Waals surface area contributed by atoms with Crippen molar-refractivity contribution in [2.75, 3.05) is 13.7 Å². The van der Waals surface area contributed by atoms with Crippen molar-refractivity contribution in [3.8, 4) is 11.5 Å². The number of esters is 1. The van der Waals surface area contributed by atoms with Crippen LogP contribution in [-0.4, -0.2) is 25.6 Å². The van der Waals surface area contributed by atoms with Crippen LogP contribution in [0.5, 0.6) is 11.5 Å². The number of hydrogen-bond acceptors (Lipinski definition) is 5. The first-order valence-electron chi connectivity index (χ1n) is 9.56. The molecule has 2 aromatic rings. The molecule has 1 aliphatic heterocycles. The average molecular weight is 470 g/mol. The predicted molar refractivity (Wildman–Crippen MR) is 122 cm³/mol. The van der Waals surface area contributed by atoms with Crippen LogP contribution >= 0.6 is 15.9 Å². The van der Waals surface area contributed by atoms with Crippen LogP contribution in [0.1, 0.15) is 43.4 Å². The molecule has 0 amide bonds. The van der Waals surface area contributed by atoms with Crippen LogP contribution in [-0.2, 0) is 9.53 Å². The fraction of sp³-hybridized carbons (Fsp3) is 0.250. The number of hydrogen-bond donors (Lipinski definition) is 0. The number of carbonyl (C=O) groups excluding carboxylic acids is 1. The third-order valence-corrected chi connectivity index (χ3v) is 5.05. The van der Waals surface area contributed by atoms with Crippen LogP contribution in [0, 0.1) is 0 Å². The van der Waals surface area contributed by atoms with Crippen LogP contribution in [0.2, 0.25) is 0 Å². The lowest BCUT2D eigenvalue weighted by molar-refractivity contribution is -0.129.